The molecule has 1 N–H and O–H groups in total. The molecule has 6 heteroatoms. The van der Waals surface area contributed by atoms with Crippen LogP contribution in [0, 0.1) is 12.8 Å². The van der Waals surface area contributed by atoms with Gasteiger partial charge in [0.1, 0.15) is 0 Å². The normalized spacial score (nSPS) is 19.9. The van der Waals surface area contributed by atoms with Crippen LogP contribution in [0.15, 0.2) is 36.5 Å². The first-order valence-electron chi connectivity index (χ1n) is 10.6. The molecule has 0 radical (unpaired) electrons. The fraction of sp³-hybridized carbons (Fsp3) is 0.478. The van der Waals surface area contributed by atoms with E-state index in [9.17, 15) is 9.59 Å². The number of anilines is 1. The topological polar surface area (TPSA) is 75.2 Å². The summed E-state index contributed by atoms with van der Waals surface area (Å²) in [6, 6.07) is 9.26. The van der Waals surface area contributed by atoms with Gasteiger partial charge in [-0.1, -0.05) is 31.0 Å². The molecule has 2 aromatic rings. The summed E-state index contributed by atoms with van der Waals surface area (Å²) >= 11 is 0. The SMILES string of the molecule is Cc1nc(C2CCCCN2C(=O)C2CCCC2)ncc1C(=O)Nc1ccccc1. The molecule has 152 valence electrons. The van der Waals surface area contributed by atoms with Crippen molar-refractivity contribution in [2.45, 2.75) is 57.9 Å². The molecule has 2 aliphatic rings. The summed E-state index contributed by atoms with van der Waals surface area (Å²) in [6.07, 6.45) is 8.88. The zero-order chi connectivity index (χ0) is 20.2. The average molecular weight is 393 g/mol. The molecule has 4 rings (SSSR count). The van der Waals surface area contributed by atoms with Crippen LogP contribution in [0.3, 0.4) is 0 Å². The molecule has 6 nitrogen and oxygen atoms in total. The summed E-state index contributed by atoms with van der Waals surface area (Å²) in [5.41, 5.74) is 1.84. The van der Waals surface area contributed by atoms with E-state index in [4.69, 9.17) is 0 Å². The van der Waals surface area contributed by atoms with Gasteiger partial charge in [0.15, 0.2) is 5.82 Å². The maximum atomic E-state index is 13.1. The van der Waals surface area contributed by atoms with Gasteiger partial charge in [0.25, 0.3) is 5.91 Å². The standard InChI is InChI=1S/C23H28N4O2/c1-16-19(22(28)26-18-11-3-2-4-12-18)15-24-21(25-16)20-13-7-8-14-27(20)23(29)17-9-5-6-10-17/h2-4,11-12,15,17,20H,5-10,13-14H2,1H3,(H,26,28). The molecule has 1 unspecified atom stereocenters. The number of nitrogens with zero attached hydrogens (tertiary/aromatic N) is 3. The minimum Gasteiger partial charge on any atom is -0.332 e. The van der Waals surface area contributed by atoms with Crippen molar-refractivity contribution in [2.75, 3.05) is 11.9 Å². The number of piperidine rings is 1. The monoisotopic (exact) mass is 392 g/mol. The zero-order valence-corrected chi connectivity index (χ0v) is 16.9. The van der Waals surface area contributed by atoms with Gasteiger partial charge in [-0.25, -0.2) is 9.97 Å². The van der Waals surface area contributed by atoms with Crippen LogP contribution in [0.5, 0.6) is 0 Å². The lowest BCUT2D eigenvalue weighted by molar-refractivity contribution is -0.139. The lowest BCUT2D eigenvalue weighted by Gasteiger charge is -2.36. The van der Waals surface area contributed by atoms with E-state index in [1.165, 1.54) is 0 Å². The molecular weight excluding hydrogens is 364 g/mol. The second kappa shape index (κ2) is 8.72. The number of carbonyl (C=O) groups excluding carboxylic acids is 2. The summed E-state index contributed by atoms with van der Waals surface area (Å²) < 4.78 is 0. The molecule has 1 saturated carbocycles. The Morgan fingerprint density at radius 3 is 2.48 bits per heavy atom. The van der Waals surface area contributed by atoms with Crippen LogP contribution in [-0.2, 0) is 4.79 Å². The van der Waals surface area contributed by atoms with Crippen LogP contribution in [0.2, 0.25) is 0 Å². The van der Waals surface area contributed by atoms with Gasteiger partial charge in [-0.2, -0.15) is 0 Å². The van der Waals surface area contributed by atoms with Gasteiger partial charge >= 0.3 is 0 Å². The van der Waals surface area contributed by atoms with Crippen molar-refractivity contribution in [1.82, 2.24) is 14.9 Å². The second-order valence-electron chi connectivity index (χ2n) is 8.07. The van der Waals surface area contributed by atoms with Crippen molar-refractivity contribution >= 4 is 17.5 Å². The van der Waals surface area contributed by atoms with Crippen LogP contribution in [0.25, 0.3) is 0 Å². The Kier molecular flexibility index (Phi) is 5.88. The number of benzene rings is 1. The van der Waals surface area contributed by atoms with Gasteiger partial charge in [-0.3, -0.25) is 9.59 Å². The van der Waals surface area contributed by atoms with Crippen LogP contribution < -0.4 is 5.32 Å². The average Bonchev–Trinajstić information content (AvgIpc) is 3.29. The van der Waals surface area contributed by atoms with E-state index >= 15 is 0 Å². The Bertz CT molecular complexity index is 878. The fourth-order valence-corrected chi connectivity index (χ4v) is 4.46. The lowest BCUT2D eigenvalue weighted by Crippen LogP contribution is -2.42. The first-order chi connectivity index (χ1) is 14.1. The summed E-state index contributed by atoms with van der Waals surface area (Å²) in [4.78, 5) is 36.8. The Hall–Kier alpha value is -2.76. The minimum atomic E-state index is -0.220. The number of nitrogens with one attached hydrogen (secondary N) is 1. The van der Waals surface area contributed by atoms with E-state index in [1.807, 2.05) is 42.2 Å². The maximum absolute atomic E-state index is 13.1. The van der Waals surface area contributed by atoms with E-state index in [2.05, 4.69) is 15.3 Å². The largest absolute Gasteiger partial charge is 0.332 e. The van der Waals surface area contributed by atoms with Crippen molar-refractivity contribution in [1.29, 1.82) is 0 Å². The van der Waals surface area contributed by atoms with Crippen molar-refractivity contribution in [3.63, 3.8) is 0 Å². The molecule has 29 heavy (non-hydrogen) atoms. The van der Waals surface area contributed by atoms with Gasteiger partial charge in [0.05, 0.1) is 17.3 Å². The second-order valence-corrected chi connectivity index (χ2v) is 8.07. The predicted molar refractivity (Wildman–Crippen MR) is 111 cm³/mol. The fourth-order valence-electron chi connectivity index (χ4n) is 4.46. The molecule has 0 spiro atoms. The van der Waals surface area contributed by atoms with Gasteiger partial charge in [0, 0.05) is 24.3 Å². The Morgan fingerprint density at radius 1 is 1.03 bits per heavy atom. The number of likely N-dealkylation sites (tertiary alicyclic amines) is 1. The van der Waals surface area contributed by atoms with Crippen LogP contribution >= 0.6 is 0 Å². The number of carbonyl (C=O) groups is 2. The van der Waals surface area contributed by atoms with Crippen molar-refractivity contribution < 1.29 is 9.59 Å². The number of aryl methyl sites for hydroxylation is 1. The Balaban J connectivity index is 1.52. The van der Waals surface area contributed by atoms with E-state index < -0.39 is 0 Å². The summed E-state index contributed by atoms with van der Waals surface area (Å²) in [6.45, 7) is 2.61. The predicted octanol–water partition coefficient (Wildman–Crippen LogP) is 4.28. The molecule has 1 aromatic heterocycles. The first kappa shape index (κ1) is 19.6. The number of amides is 2. The number of hydrogen-bond acceptors (Lipinski definition) is 4. The molecule has 2 heterocycles. The van der Waals surface area contributed by atoms with Crippen LogP contribution in [0.1, 0.15) is 72.9 Å². The van der Waals surface area contributed by atoms with Gasteiger partial charge in [-0.15, -0.1) is 0 Å². The summed E-state index contributed by atoms with van der Waals surface area (Å²) in [5, 5.41) is 2.88. The van der Waals surface area contributed by atoms with Gasteiger partial charge < -0.3 is 10.2 Å². The smallest absolute Gasteiger partial charge is 0.259 e. The molecule has 1 aliphatic carbocycles. The summed E-state index contributed by atoms with van der Waals surface area (Å²) in [5.74, 6) is 0.861. The molecule has 2 amide bonds. The van der Waals surface area contributed by atoms with E-state index in [0.717, 1.165) is 57.2 Å². The third-order valence-electron chi connectivity index (χ3n) is 6.06. The molecule has 1 aliphatic heterocycles. The van der Waals surface area contributed by atoms with Crippen molar-refractivity contribution in [3.8, 4) is 0 Å². The molecular formula is C23H28N4O2. The first-order valence-corrected chi connectivity index (χ1v) is 10.6. The number of rotatable bonds is 4. The molecule has 1 saturated heterocycles. The van der Waals surface area contributed by atoms with Crippen molar-refractivity contribution in [2.24, 2.45) is 5.92 Å². The highest BCUT2D eigenvalue weighted by Gasteiger charge is 2.35. The van der Waals surface area contributed by atoms with Crippen LogP contribution in [0.4, 0.5) is 5.69 Å². The lowest BCUT2D eigenvalue weighted by atomic mass is 9.97. The van der Waals surface area contributed by atoms with Crippen LogP contribution in [-0.4, -0.2) is 33.2 Å². The van der Waals surface area contributed by atoms with E-state index in [0.29, 0.717) is 17.1 Å². The van der Waals surface area contributed by atoms with Gasteiger partial charge in [-0.05, 0) is 51.2 Å². The number of hydrogen-bond donors (Lipinski definition) is 1. The van der Waals surface area contributed by atoms with Crippen molar-refractivity contribution in [3.05, 3.63) is 53.6 Å². The molecule has 2 fully saturated rings. The maximum Gasteiger partial charge on any atom is 0.259 e. The highest BCUT2D eigenvalue weighted by atomic mass is 16.2. The van der Waals surface area contributed by atoms with E-state index in [1.54, 1.807) is 6.20 Å². The molecule has 0 bridgehead atoms. The van der Waals surface area contributed by atoms with E-state index in [-0.39, 0.29) is 23.8 Å². The number of aromatic nitrogens is 2. The zero-order valence-electron chi connectivity index (χ0n) is 16.9. The molecule has 1 atom stereocenters. The quantitative estimate of drug-likeness (QED) is 0.843. The van der Waals surface area contributed by atoms with Gasteiger partial charge in [0.2, 0.25) is 5.91 Å². The highest BCUT2D eigenvalue weighted by Crippen LogP contribution is 2.34. The summed E-state index contributed by atoms with van der Waals surface area (Å²) in [7, 11) is 0. The molecule has 1 aromatic carbocycles. The Morgan fingerprint density at radius 2 is 1.76 bits per heavy atom. The number of para-hydroxylation sites is 1. The third-order valence-corrected chi connectivity index (χ3v) is 6.06. The highest BCUT2D eigenvalue weighted by molar-refractivity contribution is 6.04. The third kappa shape index (κ3) is 4.31. The minimum absolute atomic E-state index is 0.0817. The Labute approximate surface area is 171 Å².